The number of anilines is 2. The molecule has 0 aromatic heterocycles. The second-order valence-corrected chi connectivity index (χ2v) is 8.17. The summed E-state index contributed by atoms with van der Waals surface area (Å²) < 4.78 is 45.3. The van der Waals surface area contributed by atoms with Crippen molar-refractivity contribution in [1.29, 1.82) is 0 Å². The summed E-state index contributed by atoms with van der Waals surface area (Å²) in [6, 6.07) is 22.7. The number of benzene rings is 3. The highest BCUT2D eigenvalue weighted by Crippen LogP contribution is 2.36. The van der Waals surface area contributed by atoms with Crippen molar-refractivity contribution in [3.63, 3.8) is 0 Å². The lowest BCUT2D eigenvalue weighted by atomic mass is 10.1. The minimum atomic E-state index is -4.52. The van der Waals surface area contributed by atoms with E-state index in [1.165, 1.54) is 11.6 Å². The molecule has 0 radical (unpaired) electrons. The topological polar surface area (TPSA) is 44.8 Å². The molecule has 5 nitrogen and oxygen atoms in total. The van der Waals surface area contributed by atoms with Crippen LogP contribution in [0.3, 0.4) is 0 Å². The molecular formula is C26H26F3N3O2. The average Bonchev–Trinajstić information content (AvgIpc) is 2.84. The van der Waals surface area contributed by atoms with E-state index in [0.717, 1.165) is 37.3 Å². The van der Waals surface area contributed by atoms with Crippen LogP contribution in [0.15, 0.2) is 78.9 Å². The first kappa shape index (κ1) is 23.6. The van der Waals surface area contributed by atoms with Gasteiger partial charge in [0.25, 0.3) is 0 Å². The third kappa shape index (κ3) is 6.29. The van der Waals surface area contributed by atoms with Crippen molar-refractivity contribution in [2.75, 3.05) is 36.4 Å². The lowest BCUT2D eigenvalue weighted by Crippen LogP contribution is -2.46. The molecule has 0 unspecified atom stereocenters. The van der Waals surface area contributed by atoms with E-state index in [0.29, 0.717) is 18.8 Å². The van der Waals surface area contributed by atoms with Gasteiger partial charge in [0, 0.05) is 32.7 Å². The Hall–Kier alpha value is -3.52. The van der Waals surface area contributed by atoms with Crippen LogP contribution in [0.2, 0.25) is 0 Å². The summed E-state index contributed by atoms with van der Waals surface area (Å²) in [6.45, 7) is 3.62. The minimum Gasteiger partial charge on any atom is -0.444 e. The Morgan fingerprint density at radius 3 is 2.09 bits per heavy atom. The lowest BCUT2D eigenvalue weighted by molar-refractivity contribution is -0.137. The van der Waals surface area contributed by atoms with E-state index in [9.17, 15) is 18.0 Å². The Balaban J connectivity index is 1.44. The van der Waals surface area contributed by atoms with Crippen LogP contribution in [0, 0.1) is 0 Å². The van der Waals surface area contributed by atoms with Gasteiger partial charge < -0.3 is 9.64 Å². The van der Waals surface area contributed by atoms with Gasteiger partial charge in [-0.2, -0.15) is 13.2 Å². The molecule has 1 aliphatic heterocycles. The number of piperazine rings is 1. The molecular weight excluding hydrogens is 443 g/mol. The fourth-order valence-electron chi connectivity index (χ4n) is 3.95. The molecule has 3 aromatic rings. The zero-order valence-corrected chi connectivity index (χ0v) is 18.6. The summed E-state index contributed by atoms with van der Waals surface area (Å²) in [4.78, 5) is 16.7. The molecule has 1 aliphatic rings. The van der Waals surface area contributed by atoms with E-state index < -0.39 is 17.8 Å². The highest BCUT2D eigenvalue weighted by atomic mass is 19.4. The van der Waals surface area contributed by atoms with Gasteiger partial charge in [-0.15, -0.1) is 0 Å². The Bertz CT molecular complexity index is 1080. The maximum Gasteiger partial charge on any atom is 0.416 e. The molecule has 0 atom stereocenters. The SMILES string of the molecule is O=C(Nc1cc(C(F)(F)F)ccc1N1CCN(Cc2ccccc2)CC1)OCc1ccccc1. The van der Waals surface area contributed by atoms with Crippen LogP contribution in [-0.2, 0) is 24.1 Å². The number of carbonyl (C=O) groups excluding carboxylic acids is 1. The van der Waals surface area contributed by atoms with Gasteiger partial charge in [-0.25, -0.2) is 4.79 Å². The normalized spacial score (nSPS) is 14.6. The molecule has 1 heterocycles. The van der Waals surface area contributed by atoms with Gasteiger partial charge in [0.05, 0.1) is 16.9 Å². The van der Waals surface area contributed by atoms with Gasteiger partial charge >= 0.3 is 12.3 Å². The predicted molar refractivity (Wildman–Crippen MR) is 126 cm³/mol. The number of alkyl halides is 3. The van der Waals surface area contributed by atoms with Gasteiger partial charge in [0.1, 0.15) is 6.61 Å². The number of amides is 1. The number of ether oxygens (including phenoxy) is 1. The molecule has 3 aromatic carbocycles. The molecule has 1 fully saturated rings. The molecule has 0 bridgehead atoms. The molecule has 0 aliphatic carbocycles. The van der Waals surface area contributed by atoms with Crippen LogP contribution in [0.25, 0.3) is 0 Å². The van der Waals surface area contributed by atoms with E-state index in [2.05, 4.69) is 22.3 Å². The first-order valence-corrected chi connectivity index (χ1v) is 11.1. The lowest BCUT2D eigenvalue weighted by Gasteiger charge is -2.37. The van der Waals surface area contributed by atoms with Crippen LogP contribution in [0.5, 0.6) is 0 Å². The summed E-state index contributed by atoms with van der Waals surface area (Å²) in [5.41, 5.74) is 1.82. The maximum absolute atomic E-state index is 13.3. The van der Waals surface area contributed by atoms with Crippen molar-refractivity contribution < 1.29 is 22.7 Å². The second-order valence-electron chi connectivity index (χ2n) is 8.17. The first-order chi connectivity index (χ1) is 16.4. The number of carbonyl (C=O) groups is 1. The number of halogens is 3. The second kappa shape index (κ2) is 10.6. The van der Waals surface area contributed by atoms with E-state index in [4.69, 9.17) is 4.74 Å². The first-order valence-electron chi connectivity index (χ1n) is 11.1. The largest absolute Gasteiger partial charge is 0.444 e. The fraction of sp³-hybridized carbons (Fsp3) is 0.269. The standard InChI is InChI=1S/C26H26F3N3O2/c27-26(28,29)22-11-12-24(23(17-22)30-25(33)34-19-21-9-5-2-6-10-21)32-15-13-31(14-16-32)18-20-7-3-1-4-8-20/h1-12,17H,13-16,18-19H2,(H,30,33). The van der Waals surface area contributed by atoms with E-state index in [-0.39, 0.29) is 12.3 Å². The van der Waals surface area contributed by atoms with Crippen LogP contribution in [0.4, 0.5) is 29.3 Å². The monoisotopic (exact) mass is 469 g/mol. The smallest absolute Gasteiger partial charge is 0.416 e. The molecule has 1 N–H and O–H groups in total. The quantitative estimate of drug-likeness (QED) is 0.497. The van der Waals surface area contributed by atoms with Gasteiger partial charge in [-0.3, -0.25) is 10.2 Å². The summed E-state index contributed by atoms with van der Waals surface area (Å²) in [5, 5.41) is 2.53. The molecule has 34 heavy (non-hydrogen) atoms. The van der Waals surface area contributed by atoms with Crippen LogP contribution < -0.4 is 10.2 Å². The summed E-state index contributed by atoms with van der Waals surface area (Å²) in [7, 11) is 0. The number of nitrogens with zero attached hydrogens (tertiary/aromatic N) is 2. The van der Waals surface area contributed by atoms with Gasteiger partial charge in [0.2, 0.25) is 0 Å². The van der Waals surface area contributed by atoms with Crippen molar-refractivity contribution in [2.45, 2.75) is 19.3 Å². The van der Waals surface area contributed by atoms with Gasteiger partial charge in [-0.05, 0) is 29.3 Å². The van der Waals surface area contributed by atoms with Crippen LogP contribution in [0.1, 0.15) is 16.7 Å². The highest BCUT2D eigenvalue weighted by molar-refractivity contribution is 5.90. The average molecular weight is 470 g/mol. The van der Waals surface area contributed by atoms with Crippen molar-refractivity contribution in [2.24, 2.45) is 0 Å². The zero-order chi connectivity index (χ0) is 24.0. The van der Waals surface area contributed by atoms with Crippen molar-refractivity contribution >= 4 is 17.5 Å². The molecule has 4 rings (SSSR count). The number of hydrogen-bond donors (Lipinski definition) is 1. The van der Waals surface area contributed by atoms with E-state index >= 15 is 0 Å². The molecule has 0 spiro atoms. The predicted octanol–water partition coefficient (Wildman–Crippen LogP) is 5.78. The Morgan fingerprint density at radius 1 is 0.853 bits per heavy atom. The molecule has 8 heteroatoms. The van der Waals surface area contributed by atoms with Crippen LogP contribution in [-0.4, -0.2) is 37.2 Å². The third-order valence-electron chi connectivity index (χ3n) is 5.74. The minimum absolute atomic E-state index is 0.0269. The Kier molecular flexibility index (Phi) is 7.37. The van der Waals surface area contributed by atoms with E-state index in [1.54, 1.807) is 12.1 Å². The fourth-order valence-corrected chi connectivity index (χ4v) is 3.95. The summed E-state index contributed by atoms with van der Waals surface area (Å²) in [6.07, 6.45) is -5.32. The molecule has 1 saturated heterocycles. The summed E-state index contributed by atoms with van der Waals surface area (Å²) >= 11 is 0. The number of hydrogen-bond acceptors (Lipinski definition) is 4. The zero-order valence-electron chi connectivity index (χ0n) is 18.6. The van der Waals surface area contributed by atoms with Crippen molar-refractivity contribution in [1.82, 2.24) is 4.90 Å². The van der Waals surface area contributed by atoms with Gasteiger partial charge in [-0.1, -0.05) is 60.7 Å². The van der Waals surface area contributed by atoms with Crippen LogP contribution >= 0.6 is 0 Å². The maximum atomic E-state index is 13.3. The molecule has 0 saturated carbocycles. The van der Waals surface area contributed by atoms with Crippen molar-refractivity contribution in [3.8, 4) is 0 Å². The van der Waals surface area contributed by atoms with Crippen molar-refractivity contribution in [3.05, 3.63) is 95.6 Å². The summed E-state index contributed by atoms with van der Waals surface area (Å²) in [5.74, 6) is 0. The highest BCUT2D eigenvalue weighted by Gasteiger charge is 2.32. The Labute approximate surface area is 196 Å². The molecule has 1 amide bonds. The number of nitrogens with one attached hydrogen (secondary N) is 1. The Morgan fingerprint density at radius 2 is 1.47 bits per heavy atom. The third-order valence-corrected chi connectivity index (χ3v) is 5.74. The number of rotatable bonds is 6. The molecule has 178 valence electrons. The van der Waals surface area contributed by atoms with E-state index in [1.807, 2.05) is 41.3 Å². The van der Waals surface area contributed by atoms with Gasteiger partial charge in [0.15, 0.2) is 0 Å².